The highest BCUT2D eigenvalue weighted by molar-refractivity contribution is 5.78. The average molecular weight is 510 g/mol. The number of aliphatic imine (C=N–C) groups is 1. The highest BCUT2D eigenvalue weighted by atomic mass is 19.4. The zero-order chi connectivity index (χ0) is 27.5. The summed E-state index contributed by atoms with van der Waals surface area (Å²) < 4.78 is 42.2. The molecule has 0 amide bonds. The summed E-state index contributed by atoms with van der Waals surface area (Å²) in [7, 11) is 0. The maximum atomic E-state index is 14.1. The monoisotopic (exact) mass is 509 g/mol. The Kier molecular flexibility index (Phi) is 13.8. The van der Waals surface area contributed by atoms with Crippen molar-refractivity contribution in [3.05, 3.63) is 46.2 Å². The van der Waals surface area contributed by atoms with E-state index in [4.69, 9.17) is 5.73 Å². The van der Waals surface area contributed by atoms with E-state index in [1.165, 1.54) is 0 Å². The van der Waals surface area contributed by atoms with Crippen LogP contribution in [0.2, 0.25) is 0 Å². The number of halogens is 3. The minimum atomic E-state index is -4.30. The van der Waals surface area contributed by atoms with Crippen LogP contribution in [0.15, 0.2) is 51.2 Å². The molecule has 1 aliphatic rings. The van der Waals surface area contributed by atoms with Crippen LogP contribution in [0.5, 0.6) is 0 Å². The quantitative estimate of drug-likeness (QED) is 0.154. The fourth-order valence-electron chi connectivity index (χ4n) is 4.91. The van der Waals surface area contributed by atoms with Crippen LogP contribution in [0.3, 0.4) is 0 Å². The summed E-state index contributed by atoms with van der Waals surface area (Å²) in [5.41, 5.74) is 10.2. The van der Waals surface area contributed by atoms with Crippen molar-refractivity contribution in [2.45, 2.75) is 93.2 Å². The number of unbranched alkanes of at least 4 members (excludes halogenated alkanes) is 1. The zero-order valence-corrected chi connectivity index (χ0v) is 23.8. The van der Waals surface area contributed by atoms with Gasteiger partial charge >= 0.3 is 6.18 Å². The average Bonchev–Trinajstić information content (AvgIpc) is 2.82. The summed E-state index contributed by atoms with van der Waals surface area (Å²) in [6.07, 6.45) is 4.15. The van der Waals surface area contributed by atoms with Crippen molar-refractivity contribution in [2.75, 3.05) is 26.2 Å². The lowest BCUT2D eigenvalue weighted by molar-refractivity contribution is -0.0992. The third-order valence-electron chi connectivity index (χ3n) is 7.82. The molecule has 36 heavy (non-hydrogen) atoms. The van der Waals surface area contributed by atoms with Crippen molar-refractivity contribution in [2.24, 2.45) is 28.5 Å². The van der Waals surface area contributed by atoms with Gasteiger partial charge in [0.05, 0.1) is 0 Å². The number of hydrogen-bond acceptors (Lipinski definition) is 3. The molecule has 0 aliphatic carbocycles. The number of hydrogen-bond donors (Lipinski definition) is 1. The molecule has 0 bridgehead atoms. The van der Waals surface area contributed by atoms with Crippen LogP contribution in [0, 0.1) is 17.8 Å². The molecule has 206 valence electrons. The molecule has 0 aromatic heterocycles. The Bertz CT molecular complexity index is 825. The van der Waals surface area contributed by atoms with Crippen molar-refractivity contribution in [1.82, 2.24) is 4.90 Å². The minimum absolute atomic E-state index is 0.310. The van der Waals surface area contributed by atoms with Gasteiger partial charge in [-0.1, -0.05) is 51.8 Å². The van der Waals surface area contributed by atoms with Gasteiger partial charge in [0.25, 0.3) is 0 Å². The van der Waals surface area contributed by atoms with E-state index in [-0.39, 0.29) is 5.57 Å². The Hall–Kier alpha value is -1.82. The molecule has 1 saturated heterocycles. The molecule has 1 fully saturated rings. The lowest BCUT2D eigenvalue weighted by Gasteiger charge is -2.34. The number of piperidine rings is 1. The normalized spacial score (nSPS) is 19.8. The first-order valence-corrected chi connectivity index (χ1v) is 13.6. The van der Waals surface area contributed by atoms with Crippen LogP contribution >= 0.6 is 0 Å². The Morgan fingerprint density at radius 1 is 1.11 bits per heavy atom. The zero-order valence-electron chi connectivity index (χ0n) is 23.8. The summed E-state index contributed by atoms with van der Waals surface area (Å²) in [6.45, 7) is 20.7. The van der Waals surface area contributed by atoms with Crippen LogP contribution in [0.4, 0.5) is 13.2 Å². The second-order valence-corrected chi connectivity index (χ2v) is 10.6. The minimum Gasteiger partial charge on any atom is -0.404 e. The van der Waals surface area contributed by atoms with Gasteiger partial charge in [0.15, 0.2) is 0 Å². The molecule has 0 saturated carbocycles. The largest absolute Gasteiger partial charge is 0.413 e. The molecule has 0 spiro atoms. The lowest BCUT2D eigenvalue weighted by Crippen LogP contribution is -2.36. The molecule has 2 atom stereocenters. The molecule has 0 radical (unpaired) electrons. The van der Waals surface area contributed by atoms with Crippen molar-refractivity contribution < 1.29 is 13.2 Å². The molecular weight excluding hydrogens is 459 g/mol. The van der Waals surface area contributed by atoms with Crippen LogP contribution in [0.1, 0.15) is 87.0 Å². The van der Waals surface area contributed by atoms with Gasteiger partial charge < -0.3 is 5.73 Å². The molecule has 1 aliphatic heterocycles. The van der Waals surface area contributed by atoms with Gasteiger partial charge in [0.1, 0.15) is 0 Å². The SMILES string of the molecule is C=C(C)C(C)CN=CC(=CN)CN1CCC(/C(C)=C(CCCC)/C(C)=C(\C(C)CC)C(F)(F)F)CC1. The molecule has 0 aromatic rings. The molecule has 1 rings (SSSR count). The number of alkyl halides is 3. The van der Waals surface area contributed by atoms with Crippen LogP contribution in [-0.4, -0.2) is 43.5 Å². The van der Waals surface area contributed by atoms with Gasteiger partial charge in [-0.3, -0.25) is 9.89 Å². The molecule has 0 aromatic carbocycles. The molecule has 2 unspecified atom stereocenters. The Morgan fingerprint density at radius 2 is 1.72 bits per heavy atom. The predicted molar refractivity (Wildman–Crippen MR) is 149 cm³/mol. The summed E-state index contributed by atoms with van der Waals surface area (Å²) in [4.78, 5) is 6.90. The second-order valence-electron chi connectivity index (χ2n) is 10.6. The first kappa shape index (κ1) is 32.2. The molecule has 6 heteroatoms. The van der Waals surface area contributed by atoms with E-state index in [1.807, 2.05) is 20.1 Å². The van der Waals surface area contributed by atoms with E-state index in [9.17, 15) is 13.2 Å². The van der Waals surface area contributed by atoms with Gasteiger partial charge in [0, 0.05) is 24.9 Å². The molecular formula is C30H50F3N3. The van der Waals surface area contributed by atoms with Crippen LogP contribution < -0.4 is 5.73 Å². The van der Waals surface area contributed by atoms with Crippen molar-refractivity contribution in [3.8, 4) is 0 Å². The highest BCUT2D eigenvalue weighted by Gasteiger charge is 2.38. The standard InChI is InChI=1S/C30H50F3N3/c1-9-11-12-28(25(8)29(22(5)10-2)30(31,32)33)24(7)27-13-15-36(16-14-27)20-26(17-34)19-35-18-23(6)21(3)4/h17,19,22-23,27H,3,9-16,18,20,34H2,1-2,4-8H3/b26-17?,28-24+,29-25+,35-19?. The van der Waals surface area contributed by atoms with E-state index >= 15 is 0 Å². The summed E-state index contributed by atoms with van der Waals surface area (Å²) >= 11 is 0. The highest BCUT2D eigenvalue weighted by Crippen LogP contribution is 2.40. The van der Waals surface area contributed by atoms with E-state index < -0.39 is 12.1 Å². The van der Waals surface area contributed by atoms with Gasteiger partial charge in [-0.2, -0.15) is 13.2 Å². The first-order chi connectivity index (χ1) is 16.9. The van der Waals surface area contributed by atoms with Crippen molar-refractivity contribution in [1.29, 1.82) is 0 Å². The fraction of sp³-hybridized carbons (Fsp3) is 0.700. The van der Waals surface area contributed by atoms with E-state index in [0.29, 0.717) is 36.8 Å². The van der Waals surface area contributed by atoms with Crippen molar-refractivity contribution in [3.63, 3.8) is 0 Å². The maximum absolute atomic E-state index is 14.1. The van der Waals surface area contributed by atoms with E-state index in [2.05, 4.69) is 37.2 Å². The Labute approximate surface area is 218 Å². The topological polar surface area (TPSA) is 41.6 Å². The summed E-state index contributed by atoms with van der Waals surface area (Å²) in [6, 6.07) is 0. The number of likely N-dealkylation sites (tertiary alicyclic amines) is 1. The predicted octanol–water partition coefficient (Wildman–Crippen LogP) is 8.26. The number of nitrogens with zero attached hydrogens (tertiary/aromatic N) is 2. The van der Waals surface area contributed by atoms with Gasteiger partial charge in [0.2, 0.25) is 0 Å². The number of allylic oxidation sites excluding steroid dienone is 4. The Morgan fingerprint density at radius 3 is 2.19 bits per heavy atom. The number of nitrogens with two attached hydrogens (primary N) is 1. The van der Waals surface area contributed by atoms with E-state index in [0.717, 1.165) is 67.6 Å². The maximum Gasteiger partial charge on any atom is 0.413 e. The fourth-order valence-corrected chi connectivity index (χ4v) is 4.91. The molecule has 3 nitrogen and oxygen atoms in total. The third kappa shape index (κ3) is 9.91. The first-order valence-electron chi connectivity index (χ1n) is 13.6. The molecule has 1 heterocycles. The van der Waals surface area contributed by atoms with Gasteiger partial charge in [-0.05, 0) is 107 Å². The second kappa shape index (κ2) is 15.4. The van der Waals surface area contributed by atoms with Crippen molar-refractivity contribution >= 4 is 6.21 Å². The molecule has 2 N–H and O–H groups in total. The number of rotatable bonds is 13. The smallest absolute Gasteiger partial charge is 0.404 e. The summed E-state index contributed by atoms with van der Waals surface area (Å²) in [5, 5.41) is 0. The van der Waals surface area contributed by atoms with Crippen LogP contribution in [-0.2, 0) is 0 Å². The third-order valence-corrected chi connectivity index (χ3v) is 7.82. The van der Waals surface area contributed by atoms with Gasteiger partial charge in [-0.15, -0.1) is 0 Å². The Balaban J connectivity index is 3.03. The summed E-state index contributed by atoms with van der Waals surface area (Å²) in [5.74, 6) is 0.144. The lowest BCUT2D eigenvalue weighted by atomic mass is 9.81. The van der Waals surface area contributed by atoms with Crippen LogP contribution in [0.25, 0.3) is 0 Å². The van der Waals surface area contributed by atoms with Gasteiger partial charge in [-0.25, -0.2) is 0 Å². The van der Waals surface area contributed by atoms with E-state index in [1.54, 1.807) is 20.0 Å².